The lowest BCUT2D eigenvalue weighted by Crippen LogP contribution is -2.43. The lowest BCUT2D eigenvalue weighted by Gasteiger charge is -2.26. The van der Waals surface area contributed by atoms with E-state index in [4.69, 9.17) is 10.5 Å². The number of halogens is 1. The summed E-state index contributed by atoms with van der Waals surface area (Å²) in [6.45, 7) is 1.42. The molecule has 3 N–H and O–H groups in total. The fourth-order valence-electron chi connectivity index (χ4n) is 1.85. The quantitative estimate of drug-likeness (QED) is 0.886. The van der Waals surface area contributed by atoms with Crippen LogP contribution in [0.5, 0.6) is 0 Å². The molecule has 1 atom stereocenters. The third-order valence-corrected chi connectivity index (χ3v) is 3.55. The highest BCUT2D eigenvalue weighted by atomic mass is 35.5. The summed E-state index contributed by atoms with van der Waals surface area (Å²) in [7, 11) is 0. The third kappa shape index (κ3) is 3.96. The van der Waals surface area contributed by atoms with E-state index in [1.807, 2.05) is 16.8 Å². The molecule has 1 saturated heterocycles. The van der Waals surface area contributed by atoms with Gasteiger partial charge in [-0.1, -0.05) is 0 Å². The monoisotopic (exact) mass is 276 g/mol. The molecule has 0 saturated carbocycles. The molecule has 1 amide bonds. The van der Waals surface area contributed by atoms with E-state index in [1.54, 1.807) is 11.3 Å². The number of ether oxygens (including phenoxy) is 1. The number of hydrogen-bond acceptors (Lipinski definition) is 4. The Morgan fingerprint density at radius 1 is 1.53 bits per heavy atom. The second kappa shape index (κ2) is 6.96. The highest BCUT2D eigenvalue weighted by Gasteiger charge is 2.26. The molecule has 0 spiro atoms. The van der Waals surface area contributed by atoms with E-state index in [9.17, 15) is 4.79 Å². The lowest BCUT2D eigenvalue weighted by atomic mass is 9.92. The number of hydrogen-bond donors (Lipinski definition) is 2. The van der Waals surface area contributed by atoms with Crippen molar-refractivity contribution in [1.29, 1.82) is 0 Å². The van der Waals surface area contributed by atoms with Gasteiger partial charge in [-0.3, -0.25) is 4.79 Å². The van der Waals surface area contributed by atoms with Crippen LogP contribution in [0.1, 0.15) is 12.8 Å². The number of nitrogens with two attached hydrogens (primary N) is 1. The molecule has 2 rings (SSSR count). The van der Waals surface area contributed by atoms with E-state index in [0.717, 1.165) is 18.5 Å². The van der Waals surface area contributed by atoms with Crippen molar-refractivity contribution in [3.63, 3.8) is 0 Å². The molecule has 1 aliphatic heterocycles. The van der Waals surface area contributed by atoms with Crippen LogP contribution in [0.15, 0.2) is 16.8 Å². The van der Waals surface area contributed by atoms with Crippen LogP contribution in [0.4, 0.5) is 5.69 Å². The number of rotatable bonds is 3. The van der Waals surface area contributed by atoms with Gasteiger partial charge in [0, 0.05) is 18.6 Å². The van der Waals surface area contributed by atoms with E-state index < -0.39 is 6.04 Å². The third-order valence-electron chi connectivity index (χ3n) is 2.87. The lowest BCUT2D eigenvalue weighted by molar-refractivity contribution is -0.119. The molecule has 1 unspecified atom stereocenters. The molecule has 0 aromatic carbocycles. The van der Waals surface area contributed by atoms with Gasteiger partial charge < -0.3 is 15.8 Å². The zero-order valence-electron chi connectivity index (χ0n) is 9.43. The molecular weight excluding hydrogens is 260 g/mol. The number of carbonyl (C=O) groups is 1. The summed E-state index contributed by atoms with van der Waals surface area (Å²) in [5.74, 6) is 0.151. The fourth-order valence-corrected chi connectivity index (χ4v) is 2.44. The number of amides is 1. The maximum atomic E-state index is 11.8. The summed E-state index contributed by atoms with van der Waals surface area (Å²) in [5.41, 5.74) is 6.78. The highest BCUT2D eigenvalue weighted by Crippen LogP contribution is 2.19. The minimum absolute atomic E-state index is 0. The van der Waals surface area contributed by atoms with Gasteiger partial charge in [0.15, 0.2) is 0 Å². The minimum Gasteiger partial charge on any atom is -0.381 e. The van der Waals surface area contributed by atoms with Crippen molar-refractivity contribution in [2.45, 2.75) is 18.9 Å². The van der Waals surface area contributed by atoms with E-state index in [2.05, 4.69) is 5.32 Å². The largest absolute Gasteiger partial charge is 0.381 e. The summed E-state index contributed by atoms with van der Waals surface area (Å²) in [4.78, 5) is 11.8. The molecule has 4 nitrogen and oxygen atoms in total. The zero-order chi connectivity index (χ0) is 11.4. The first kappa shape index (κ1) is 14.4. The average molecular weight is 277 g/mol. The Hall–Kier alpha value is -0.620. The molecule has 1 aliphatic rings. The SMILES string of the molecule is Cl.NC(C(=O)Nc1ccsc1)C1CCOCC1. The summed E-state index contributed by atoms with van der Waals surface area (Å²) >= 11 is 1.55. The highest BCUT2D eigenvalue weighted by molar-refractivity contribution is 7.08. The van der Waals surface area contributed by atoms with Crippen molar-refractivity contribution in [2.75, 3.05) is 18.5 Å². The van der Waals surface area contributed by atoms with Gasteiger partial charge in [0.2, 0.25) is 5.91 Å². The second-order valence-corrected chi connectivity index (χ2v) is 4.76. The molecule has 0 bridgehead atoms. The Labute approximate surface area is 111 Å². The number of carbonyl (C=O) groups excluding carboxylic acids is 1. The molecule has 1 fully saturated rings. The van der Waals surface area contributed by atoms with Gasteiger partial charge in [-0.2, -0.15) is 11.3 Å². The summed E-state index contributed by atoms with van der Waals surface area (Å²) in [6.07, 6.45) is 1.75. The van der Waals surface area contributed by atoms with Crippen molar-refractivity contribution >= 4 is 35.3 Å². The zero-order valence-corrected chi connectivity index (χ0v) is 11.1. The van der Waals surface area contributed by atoms with Crippen LogP contribution in [-0.4, -0.2) is 25.2 Å². The van der Waals surface area contributed by atoms with E-state index in [0.29, 0.717) is 13.2 Å². The smallest absolute Gasteiger partial charge is 0.241 e. The van der Waals surface area contributed by atoms with Gasteiger partial charge in [0.05, 0.1) is 11.7 Å². The van der Waals surface area contributed by atoms with Gasteiger partial charge in [0.25, 0.3) is 0 Å². The molecule has 1 aromatic heterocycles. The molecular formula is C11H17ClN2O2S. The summed E-state index contributed by atoms with van der Waals surface area (Å²) < 4.78 is 5.25. The van der Waals surface area contributed by atoms with Crippen molar-refractivity contribution in [1.82, 2.24) is 0 Å². The minimum atomic E-state index is -0.427. The summed E-state index contributed by atoms with van der Waals surface area (Å²) in [6, 6.07) is 1.45. The van der Waals surface area contributed by atoms with Crippen molar-refractivity contribution in [3.8, 4) is 0 Å². The van der Waals surface area contributed by atoms with Crippen molar-refractivity contribution in [3.05, 3.63) is 16.8 Å². The topological polar surface area (TPSA) is 64.4 Å². The first-order chi connectivity index (χ1) is 7.77. The molecule has 17 heavy (non-hydrogen) atoms. The van der Waals surface area contributed by atoms with Crippen LogP contribution in [0.2, 0.25) is 0 Å². The van der Waals surface area contributed by atoms with Crippen molar-refractivity contribution in [2.24, 2.45) is 11.7 Å². The molecule has 1 aromatic rings. The van der Waals surface area contributed by atoms with E-state index in [1.165, 1.54) is 0 Å². The average Bonchev–Trinajstić information content (AvgIpc) is 2.82. The Bertz CT molecular complexity index is 339. The van der Waals surface area contributed by atoms with Crippen LogP contribution in [0.3, 0.4) is 0 Å². The maximum Gasteiger partial charge on any atom is 0.241 e. The number of nitrogens with one attached hydrogen (secondary N) is 1. The van der Waals surface area contributed by atoms with Crippen LogP contribution >= 0.6 is 23.7 Å². The number of thiophene rings is 1. The predicted molar refractivity (Wildman–Crippen MR) is 71.7 cm³/mol. The van der Waals surface area contributed by atoms with Crippen LogP contribution in [0, 0.1) is 5.92 Å². The van der Waals surface area contributed by atoms with Crippen LogP contribution in [-0.2, 0) is 9.53 Å². The molecule has 0 aliphatic carbocycles. The molecule has 0 radical (unpaired) electrons. The Morgan fingerprint density at radius 3 is 2.82 bits per heavy atom. The van der Waals surface area contributed by atoms with Gasteiger partial charge in [-0.05, 0) is 30.2 Å². The van der Waals surface area contributed by atoms with Gasteiger partial charge >= 0.3 is 0 Å². The van der Waals surface area contributed by atoms with Gasteiger partial charge in [-0.25, -0.2) is 0 Å². The molecule has 96 valence electrons. The first-order valence-corrected chi connectivity index (χ1v) is 6.38. The second-order valence-electron chi connectivity index (χ2n) is 3.98. The van der Waals surface area contributed by atoms with E-state index in [-0.39, 0.29) is 24.2 Å². The standard InChI is InChI=1S/C11H16N2O2S.ClH/c12-10(8-1-4-15-5-2-8)11(14)13-9-3-6-16-7-9;/h3,6-8,10H,1-2,4-5,12H2,(H,13,14);1H. The normalized spacial score (nSPS) is 18.2. The van der Waals surface area contributed by atoms with Gasteiger partial charge in [-0.15, -0.1) is 12.4 Å². The Balaban J connectivity index is 0.00000144. The van der Waals surface area contributed by atoms with E-state index >= 15 is 0 Å². The Kier molecular flexibility index (Phi) is 5.91. The van der Waals surface area contributed by atoms with Crippen LogP contribution in [0.25, 0.3) is 0 Å². The van der Waals surface area contributed by atoms with Crippen molar-refractivity contribution < 1.29 is 9.53 Å². The predicted octanol–water partition coefficient (Wildman–Crippen LogP) is 1.86. The van der Waals surface area contributed by atoms with Crippen LogP contribution < -0.4 is 11.1 Å². The van der Waals surface area contributed by atoms with Gasteiger partial charge in [0.1, 0.15) is 0 Å². The fraction of sp³-hybridized carbons (Fsp3) is 0.545. The first-order valence-electron chi connectivity index (χ1n) is 5.44. The Morgan fingerprint density at radius 2 is 2.24 bits per heavy atom. The number of anilines is 1. The maximum absolute atomic E-state index is 11.8. The molecule has 6 heteroatoms. The summed E-state index contributed by atoms with van der Waals surface area (Å²) in [5, 5.41) is 6.65. The molecule has 2 heterocycles.